The van der Waals surface area contributed by atoms with Crippen molar-refractivity contribution in [2.24, 2.45) is 0 Å². The number of amides is 2. The van der Waals surface area contributed by atoms with Crippen LogP contribution in [0.15, 0.2) is 12.1 Å². The van der Waals surface area contributed by atoms with Crippen LogP contribution in [0.5, 0.6) is 0 Å². The third-order valence-electron chi connectivity index (χ3n) is 6.91. The lowest BCUT2D eigenvalue weighted by Crippen LogP contribution is -2.67. The summed E-state index contributed by atoms with van der Waals surface area (Å²) in [5.74, 6) is -7.36. The van der Waals surface area contributed by atoms with Crippen LogP contribution >= 0.6 is 11.6 Å². The maximum Gasteiger partial charge on any atom is 0.293 e. The molecule has 0 bridgehead atoms. The van der Waals surface area contributed by atoms with Crippen molar-refractivity contribution in [2.45, 2.75) is 70.9 Å². The van der Waals surface area contributed by atoms with Crippen molar-refractivity contribution in [3.63, 3.8) is 0 Å². The molecule has 1 saturated carbocycles. The van der Waals surface area contributed by atoms with Crippen molar-refractivity contribution in [1.29, 1.82) is 0 Å². The fourth-order valence-electron chi connectivity index (χ4n) is 5.15. The van der Waals surface area contributed by atoms with E-state index in [1.165, 1.54) is 19.9 Å². The normalized spacial score (nSPS) is 17.2. The summed E-state index contributed by atoms with van der Waals surface area (Å²) in [7, 11) is 0. The summed E-state index contributed by atoms with van der Waals surface area (Å²) in [6, 6.07) is 2.92. The van der Waals surface area contributed by atoms with Crippen LogP contribution in [-0.2, 0) is 22.6 Å². The van der Waals surface area contributed by atoms with Crippen molar-refractivity contribution >= 4 is 40.7 Å². The number of anilines is 1. The average Bonchev–Trinajstić information content (AvgIpc) is 3.36. The van der Waals surface area contributed by atoms with Gasteiger partial charge < -0.3 is 15.2 Å². The zero-order chi connectivity index (χ0) is 26.6. The van der Waals surface area contributed by atoms with Gasteiger partial charge in [-0.25, -0.2) is 13.2 Å². The quantitative estimate of drug-likeness (QED) is 0.411. The summed E-state index contributed by atoms with van der Waals surface area (Å²) in [6.07, 6.45) is -0.792. The van der Waals surface area contributed by atoms with Crippen molar-refractivity contribution in [2.75, 3.05) is 5.32 Å². The Balaban J connectivity index is 1.64. The number of rotatable bonds is 7. The Labute approximate surface area is 210 Å². The number of halogens is 4. The molecule has 2 N–H and O–H groups in total. The molecule has 0 radical (unpaired) electrons. The number of hydrogen-bond donors (Lipinski definition) is 2. The molecule has 2 amide bonds. The predicted molar refractivity (Wildman–Crippen MR) is 126 cm³/mol. The highest BCUT2D eigenvalue weighted by Gasteiger charge is 2.61. The molecule has 0 unspecified atom stereocenters. The van der Waals surface area contributed by atoms with Crippen LogP contribution in [0.3, 0.4) is 0 Å². The molecule has 2 heterocycles. The van der Waals surface area contributed by atoms with Crippen LogP contribution in [0.25, 0.3) is 0 Å². The first-order chi connectivity index (χ1) is 16.8. The number of benzene rings is 1. The molecule has 2 aromatic rings. The summed E-state index contributed by atoms with van der Waals surface area (Å²) in [5.41, 5.74) is -0.697. The number of nitrogens with one attached hydrogen (secondary N) is 2. The zero-order valence-corrected chi connectivity index (χ0v) is 20.7. The SMILES string of the molecule is CCC(=O)C1(NC(=O)C(=O)c2c(C)c(C(=O)Nc3ccc(C)c(Cl)c3F)n3c2CCC3)CC(F)(F)C1. The van der Waals surface area contributed by atoms with E-state index in [1.807, 2.05) is 0 Å². The molecule has 7 nitrogen and oxygen atoms in total. The molecule has 36 heavy (non-hydrogen) atoms. The molecule has 1 aliphatic carbocycles. The molecular weight excluding hydrogens is 499 g/mol. The Morgan fingerprint density at radius 1 is 1.14 bits per heavy atom. The molecule has 1 fully saturated rings. The number of ketones is 2. The maximum absolute atomic E-state index is 14.6. The summed E-state index contributed by atoms with van der Waals surface area (Å²) >= 11 is 5.95. The lowest BCUT2D eigenvalue weighted by atomic mass is 9.69. The van der Waals surface area contributed by atoms with Crippen LogP contribution in [-0.4, -0.2) is 39.4 Å². The highest BCUT2D eigenvalue weighted by atomic mass is 35.5. The Bertz CT molecular complexity index is 1310. The number of Topliss-reactive ketones (excluding diaryl/α,β-unsaturated/α-hetero) is 2. The van der Waals surface area contributed by atoms with Gasteiger partial charge in [-0.15, -0.1) is 0 Å². The fourth-order valence-corrected chi connectivity index (χ4v) is 5.31. The molecule has 0 saturated heterocycles. The third-order valence-corrected chi connectivity index (χ3v) is 7.37. The first kappa shape index (κ1) is 25.9. The monoisotopic (exact) mass is 523 g/mol. The van der Waals surface area contributed by atoms with Gasteiger partial charge in [0, 0.05) is 31.5 Å². The van der Waals surface area contributed by atoms with Crippen LogP contribution in [0.1, 0.15) is 70.3 Å². The smallest absolute Gasteiger partial charge is 0.293 e. The molecule has 1 aromatic heterocycles. The van der Waals surface area contributed by atoms with Crippen molar-refractivity contribution in [3.05, 3.63) is 51.1 Å². The first-order valence-electron chi connectivity index (χ1n) is 11.6. The number of carbonyl (C=O) groups is 4. The number of nitrogens with zero attached hydrogens (tertiary/aromatic N) is 1. The van der Waals surface area contributed by atoms with Crippen LogP contribution in [0.4, 0.5) is 18.9 Å². The number of carbonyl (C=O) groups excluding carboxylic acids is 4. The molecule has 192 valence electrons. The maximum atomic E-state index is 14.6. The number of fused-ring (bicyclic) bond motifs is 1. The van der Waals surface area contributed by atoms with Crippen LogP contribution in [0.2, 0.25) is 5.02 Å². The lowest BCUT2D eigenvalue weighted by Gasteiger charge is -2.46. The molecule has 1 aromatic carbocycles. The third kappa shape index (κ3) is 4.21. The van der Waals surface area contributed by atoms with Gasteiger partial charge in [-0.05, 0) is 43.9 Å². The van der Waals surface area contributed by atoms with Gasteiger partial charge in [0.1, 0.15) is 11.2 Å². The lowest BCUT2D eigenvalue weighted by molar-refractivity contribution is -0.163. The zero-order valence-electron chi connectivity index (χ0n) is 20.0. The van der Waals surface area contributed by atoms with Crippen molar-refractivity contribution in [1.82, 2.24) is 9.88 Å². The van der Waals surface area contributed by atoms with Crippen LogP contribution < -0.4 is 10.6 Å². The van der Waals surface area contributed by atoms with E-state index in [1.54, 1.807) is 17.6 Å². The van der Waals surface area contributed by atoms with Gasteiger partial charge in [-0.2, -0.15) is 0 Å². The Hall–Kier alpha value is -3.14. The van der Waals surface area contributed by atoms with Gasteiger partial charge in [0.05, 0.1) is 16.3 Å². The minimum atomic E-state index is -3.10. The van der Waals surface area contributed by atoms with E-state index < -0.39 is 53.5 Å². The predicted octanol–water partition coefficient (Wildman–Crippen LogP) is 4.54. The Kier molecular flexibility index (Phi) is 6.53. The summed E-state index contributed by atoms with van der Waals surface area (Å²) in [4.78, 5) is 51.6. The topological polar surface area (TPSA) is 97.3 Å². The highest BCUT2D eigenvalue weighted by Crippen LogP contribution is 2.46. The van der Waals surface area contributed by atoms with Crippen molar-refractivity contribution in [3.8, 4) is 0 Å². The second-order valence-corrected chi connectivity index (χ2v) is 9.79. The fraction of sp³-hybridized carbons (Fsp3) is 0.440. The summed E-state index contributed by atoms with van der Waals surface area (Å²) in [5, 5.41) is 4.60. The Morgan fingerprint density at radius 2 is 1.81 bits per heavy atom. The number of aryl methyl sites for hydroxylation is 1. The van der Waals surface area contributed by atoms with E-state index in [9.17, 15) is 32.3 Å². The molecule has 0 spiro atoms. The second-order valence-electron chi connectivity index (χ2n) is 9.41. The summed E-state index contributed by atoms with van der Waals surface area (Å²) < 4.78 is 43.4. The van der Waals surface area contributed by atoms with Crippen molar-refractivity contribution < 1.29 is 32.3 Å². The van der Waals surface area contributed by atoms with Gasteiger partial charge in [0.15, 0.2) is 11.6 Å². The molecule has 2 aliphatic rings. The second kappa shape index (κ2) is 9.06. The molecule has 11 heteroatoms. The van der Waals surface area contributed by atoms with Gasteiger partial charge in [-0.3, -0.25) is 19.2 Å². The number of aromatic nitrogens is 1. The van der Waals surface area contributed by atoms with E-state index in [-0.39, 0.29) is 34.0 Å². The van der Waals surface area contributed by atoms with Gasteiger partial charge in [0.25, 0.3) is 23.5 Å². The van der Waals surface area contributed by atoms with E-state index in [2.05, 4.69) is 10.6 Å². The van der Waals surface area contributed by atoms with Gasteiger partial charge in [-0.1, -0.05) is 24.6 Å². The molecular formula is C25H25ClF3N3O4. The largest absolute Gasteiger partial charge is 0.340 e. The molecule has 0 atom stereocenters. The number of hydrogen-bond acceptors (Lipinski definition) is 4. The average molecular weight is 524 g/mol. The van der Waals surface area contributed by atoms with E-state index >= 15 is 0 Å². The Morgan fingerprint density at radius 3 is 2.42 bits per heavy atom. The first-order valence-corrected chi connectivity index (χ1v) is 12.0. The summed E-state index contributed by atoms with van der Waals surface area (Å²) in [6.45, 7) is 5.00. The molecule has 4 rings (SSSR count). The van der Waals surface area contributed by atoms with Gasteiger partial charge in [0.2, 0.25) is 0 Å². The van der Waals surface area contributed by atoms with E-state index in [0.717, 1.165) is 0 Å². The highest BCUT2D eigenvalue weighted by molar-refractivity contribution is 6.44. The molecule has 1 aliphatic heterocycles. The minimum absolute atomic E-state index is 0.0114. The van der Waals surface area contributed by atoms with E-state index in [0.29, 0.717) is 30.6 Å². The standard InChI is InChI=1S/C25H25ClF3N3O4/c1-4-16(33)24(10-25(28,29)11-24)31-23(36)21(34)17-13(3)20(32-9-5-6-15(17)32)22(35)30-14-8-7-12(2)18(26)19(14)27/h7-8H,4-6,9-11H2,1-3H3,(H,30,35)(H,31,36). The van der Waals surface area contributed by atoms with Gasteiger partial charge >= 0.3 is 0 Å². The van der Waals surface area contributed by atoms with Crippen LogP contribution in [0, 0.1) is 19.7 Å². The number of alkyl halides is 2. The van der Waals surface area contributed by atoms with E-state index in [4.69, 9.17) is 11.6 Å². The minimum Gasteiger partial charge on any atom is -0.340 e.